The number of benzene rings is 1. The van der Waals surface area contributed by atoms with Crippen LogP contribution in [0, 0.1) is 12.3 Å². The Hall–Kier alpha value is -1.88. The molecule has 1 aliphatic rings. The third kappa shape index (κ3) is 4.07. The fourth-order valence-electron chi connectivity index (χ4n) is 2.40. The second-order valence-corrected chi connectivity index (χ2v) is 7.06. The SMILES string of the molecule is C#CCNC(=O)C[NH+]1CCN(S(=O)(=O)c2ccccc2)CC1. The number of hydrogen-bond donors (Lipinski definition) is 2. The maximum Gasteiger partial charge on any atom is 0.275 e. The molecule has 1 aliphatic heterocycles. The molecule has 1 amide bonds. The van der Waals surface area contributed by atoms with E-state index < -0.39 is 10.0 Å². The van der Waals surface area contributed by atoms with Gasteiger partial charge in [0.2, 0.25) is 10.0 Å². The van der Waals surface area contributed by atoms with Gasteiger partial charge in [0.1, 0.15) is 0 Å². The van der Waals surface area contributed by atoms with Gasteiger partial charge in [-0.2, -0.15) is 4.31 Å². The summed E-state index contributed by atoms with van der Waals surface area (Å²) in [7, 11) is -3.44. The number of rotatable bonds is 5. The van der Waals surface area contributed by atoms with Gasteiger partial charge in [0.05, 0.1) is 37.6 Å². The Kier molecular flexibility index (Phi) is 5.55. The predicted molar refractivity (Wildman–Crippen MR) is 82.6 cm³/mol. The van der Waals surface area contributed by atoms with Crippen LogP contribution in [0.1, 0.15) is 0 Å². The van der Waals surface area contributed by atoms with Crippen LogP contribution in [0.5, 0.6) is 0 Å². The average molecular weight is 322 g/mol. The Balaban J connectivity index is 1.90. The first-order chi connectivity index (χ1) is 10.5. The Bertz CT molecular complexity index is 644. The van der Waals surface area contributed by atoms with E-state index in [1.165, 1.54) is 4.31 Å². The van der Waals surface area contributed by atoms with Crippen LogP contribution in [-0.2, 0) is 14.8 Å². The summed E-state index contributed by atoms with van der Waals surface area (Å²) in [5.41, 5.74) is 0. The topological polar surface area (TPSA) is 70.9 Å². The van der Waals surface area contributed by atoms with E-state index in [1.807, 2.05) is 0 Å². The number of carbonyl (C=O) groups is 1. The van der Waals surface area contributed by atoms with Gasteiger partial charge in [-0.05, 0) is 12.1 Å². The minimum atomic E-state index is -3.44. The molecular formula is C15H20N3O3S+. The molecule has 22 heavy (non-hydrogen) atoms. The van der Waals surface area contributed by atoms with E-state index in [9.17, 15) is 13.2 Å². The number of amides is 1. The summed E-state index contributed by atoms with van der Waals surface area (Å²) >= 11 is 0. The van der Waals surface area contributed by atoms with Crippen molar-refractivity contribution in [2.45, 2.75) is 4.90 Å². The molecule has 1 aromatic rings. The van der Waals surface area contributed by atoms with Gasteiger partial charge in [0.15, 0.2) is 6.54 Å². The molecule has 1 fully saturated rings. The summed E-state index contributed by atoms with van der Waals surface area (Å²) in [6.07, 6.45) is 5.09. The first-order valence-corrected chi connectivity index (χ1v) is 8.57. The molecular weight excluding hydrogens is 302 g/mol. The number of piperazine rings is 1. The number of hydrogen-bond acceptors (Lipinski definition) is 3. The summed E-state index contributed by atoms with van der Waals surface area (Å²) in [4.78, 5) is 13.0. The van der Waals surface area contributed by atoms with Crippen molar-refractivity contribution in [3.63, 3.8) is 0 Å². The summed E-state index contributed by atoms with van der Waals surface area (Å²) in [5.74, 6) is 2.25. The number of sulfonamides is 1. The minimum absolute atomic E-state index is 0.104. The van der Waals surface area contributed by atoms with Crippen molar-refractivity contribution in [1.29, 1.82) is 0 Å². The van der Waals surface area contributed by atoms with Crippen LogP contribution in [0.2, 0.25) is 0 Å². The third-order valence-corrected chi connectivity index (χ3v) is 5.52. The van der Waals surface area contributed by atoms with E-state index in [2.05, 4.69) is 11.2 Å². The first-order valence-electron chi connectivity index (χ1n) is 7.13. The lowest BCUT2D eigenvalue weighted by Crippen LogP contribution is -3.15. The number of carbonyl (C=O) groups excluding carboxylic acids is 1. The van der Waals surface area contributed by atoms with Gasteiger partial charge in [-0.1, -0.05) is 24.1 Å². The monoisotopic (exact) mass is 322 g/mol. The summed E-state index contributed by atoms with van der Waals surface area (Å²) in [6.45, 7) is 2.58. The van der Waals surface area contributed by atoms with Gasteiger partial charge in [0, 0.05) is 0 Å². The molecule has 118 valence electrons. The van der Waals surface area contributed by atoms with Crippen molar-refractivity contribution in [2.75, 3.05) is 39.3 Å². The third-order valence-electron chi connectivity index (χ3n) is 3.61. The summed E-state index contributed by atoms with van der Waals surface area (Å²) < 4.78 is 26.4. The predicted octanol–water partition coefficient (Wildman–Crippen LogP) is -1.67. The van der Waals surface area contributed by atoms with Gasteiger partial charge >= 0.3 is 0 Å². The normalized spacial score (nSPS) is 16.9. The highest BCUT2D eigenvalue weighted by Gasteiger charge is 2.30. The summed E-state index contributed by atoms with van der Waals surface area (Å²) in [5, 5.41) is 2.62. The van der Waals surface area contributed by atoms with Crippen molar-refractivity contribution < 1.29 is 18.1 Å². The fraction of sp³-hybridized carbons (Fsp3) is 0.400. The zero-order valence-corrected chi connectivity index (χ0v) is 13.1. The highest BCUT2D eigenvalue weighted by molar-refractivity contribution is 7.89. The van der Waals surface area contributed by atoms with E-state index in [0.29, 0.717) is 37.6 Å². The molecule has 1 aromatic carbocycles. The van der Waals surface area contributed by atoms with Gasteiger partial charge < -0.3 is 10.2 Å². The molecule has 0 bridgehead atoms. The maximum atomic E-state index is 12.5. The van der Waals surface area contributed by atoms with Crippen LogP contribution in [0.15, 0.2) is 35.2 Å². The van der Waals surface area contributed by atoms with Crippen molar-refractivity contribution >= 4 is 15.9 Å². The Morgan fingerprint density at radius 3 is 2.50 bits per heavy atom. The molecule has 1 saturated heterocycles. The van der Waals surface area contributed by atoms with Gasteiger partial charge in [-0.25, -0.2) is 8.42 Å². The molecule has 2 rings (SSSR count). The molecule has 0 aliphatic carbocycles. The number of terminal acetylenes is 1. The maximum absolute atomic E-state index is 12.5. The molecule has 0 atom stereocenters. The van der Waals surface area contributed by atoms with E-state index >= 15 is 0 Å². The van der Waals surface area contributed by atoms with Crippen molar-refractivity contribution in [1.82, 2.24) is 9.62 Å². The van der Waals surface area contributed by atoms with Gasteiger partial charge in [-0.3, -0.25) is 4.79 Å². The first kappa shape index (κ1) is 16.5. The smallest absolute Gasteiger partial charge is 0.275 e. The number of nitrogens with zero attached hydrogens (tertiary/aromatic N) is 1. The number of nitrogens with one attached hydrogen (secondary N) is 2. The lowest BCUT2D eigenvalue weighted by atomic mass is 10.3. The minimum Gasteiger partial charge on any atom is -0.340 e. The van der Waals surface area contributed by atoms with Crippen LogP contribution in [0.25, 0.3) is 0 Å². The second kappa shape index (κ2) is 7.40. The van der Waals surface area contributed by atoms with Crippen LogP contribution in [-0.4, -0.2) is 57.9 Å². The number of quaternary nitrogens is 1. The van der Waals surface area contributed by atoms with Gasteiger partial charge in [-0.15, -0.1) is 6.42 Å². The van der Waals surface area contributed by atoms with Crippen molar-refractivity contribution in [3.05, 3.63) is 30.3 Å². The highest BCUT2D eigenvalue weighted by atomic mass is 32.2. The second-order valence-electron chi connectivity index (χ2n) is 5.12. The lowest BCUT2D eigenvalue weighted by molar-refractivity contribution is -0.895. The molecule has 0 radical (unpaired) electrons. The van der Waals surface area contributed by atoms with E-state index in [4.69, 9.17) is 6.42 Å². The van der Waals surface area contributed by atoms with Crippen molar-refractivity contribution in [2.24, 2.45) is 0 Å². The van der Waals surface area contributed by atoms with Crippen LogP contribution < -0.4 is 10.2 Å². The molecule has 0 spiro atoms. The molecule has 7 heteroatoms. The zero-order chi connectivity index (χ0) is 16.0. The van der Waals surface area contributed by atoms with Crippen LogP contribution in [0.3, 0.4) is 0 Å². The Morgan fingerprint density at radius 1 is 1.27 bits per heavy atom. The van der Waals surface area contributed by atoms with Crippen molar-refractivity contribution in [3.8, 4) is 12.3 Å². The average Bonchev–Trinajstić information content (AvgIpc) is 2.54. The quantitative estimate of drug-likeness (QED) is 0.637. The molecule has 0 saturated carbocycles. The fourth-order valence-corrected chi connectivity index (χ4v) is 3.86. The molecule has 6 nitrogen and oxygen atoms in total. The Morgan fingerprint density at radius 2 is 1.91 bits per heavy atom. The molecule has 2 N–H and O–H groups in total. The van der Waals surface area contributed by atoms with Crippen LogP contribution in [0.4, 0.5) is 0 Å². The zero-order valence-electron chi connectivity index (χ0n) is 12.3. The van der Waals surface area contributed by atoms with E-state index in [1.54, 1.807) is 30.3 Å². The standard InChI is InChI=1S/C15H19N3O3S/c1-2-8-16-15(19)13-17-9-11-18(12-10-17)22(20,21)14-6-4-3-5-7-14/h1,3-7H,8-13H2,(H,16,19)/p+1. The molecule has 0 aromatic heterocycles. The van der Waals surface area contributed by atoms with E-state index in [0.717, 1.165) is 4.90 Å². The Labute approximate surface area is 131 Å². The largest absolute Gasteiger partial charge is 0.340 e. The molecule has 0 unspecified atom stereocenters. The summed E-state index contributed by atoms with van der Waals surface area (Å²) in [6, 6.07) is 8.41. The lowest BCUT2D eigenvalue weighted by Gasteiger charge is -2.31. The van der Waals surface area contributed by atoms with Crippen LogP contribution >= 0.6 is 0 Å². The van der Waals surface area contributed by atoms with E-state index in [-0.39, 0.29) is 12.5 Å². The highest BCUT2D eigenvalue weighted by Crippen LogP contribution is 2.14. The molecule has 1 heterocycles. The van der Waals surface area contributed by atoms with Gasteiger partial charge in [0.25, 0.3) is 5.91 Å².